The summed E-state index contributed by atoms with van der Waals surface area (Å²) in [5.41, 5.74) is 2.46. The summed E-state index contributed by atoms with van der Waals surface area (Å²) < 4.78 is 5.85. The van der Waals surface area contributed by atoms with Gasteiger partial charge in [0, 0.05) is 18.5 Å². The summed E-state index contributed by atoms with van der Waals surface area (Å²) in [7, 11) is 0. The van der Waals surface area contributed by atoms with Crippen LogP contribution in [0.15, 0.2) is 54.6 Å². The maximum atomic E-state index is 12.1. The van der Waals surface area contributed by atoms with Crippen molar-refractivity contribution < 1.29 is 9.53 Å². The smallest absolute Gasteiger partial charge is 0.223 e. The van der Waals surface area contributed by atoms with Crippen LogP contribution in [0.3, 0.4) is 0 Å². The van der Waals surface area contributed by atoms with E-state index in [-0.39, 0.29) is 17.9 Å². The molecule has 1 aliphatic heterocycles. The van der Waals surface area contributed by atoms with Crippen molar-refractivity contribution in [1.29, 1.82) is 0 Å². The molecule has 27 heavy (non-hydrogen) atoms. The molecule has 0 radical (unpaired) electrons. The normalized spacial score (nSPS) is 15.7. The van der Waals surface area contributed by atoms with E-state index < -0.39 is 0 Å². The Labute approximate surface area is 162 Å². The summed E-state index contributed by atoms with van der Waals surface area (Å²) in [5.74, 6) is 1.27. The van der Waals surface area contributed by atoms with Crippen LogP contribution in [0.4, 0.5) is 0 Å². The van der Waals surface area contributed by atoms with Crippen LogP contribution in [-0.2, 0) is 17.9 Å². The minimum atomic E-state index is 0.164. The van der Waals surface area contributed by atoms with Crippen LogP contribution < -0.4 is 10.1 Å². The van der Waals surface area contributed by atoms with Gasteiger partial charge in [-0.1, -0.05) is 42.5 Å². The van der Waals surface area contributed by atoms with Gasteiger partial charge in [-0.15, -0.1) is 0 Å². The first kappa shape index (κ1) is 19.4. The highest BCUT2D eigenvalue weighted by Gasteiger charge is 2.25. The maximum absolute atomic E-state index is 12.1. The van der Waals surface area contributed by atoms with Crippen LogP contribution in [0.5, 0.6) is 5.75 Å². The van der Waals surface area contributed by atoms with Gasteiger partial charge in [0.2, 0.25) is 5.91 Å². The predicted molar refractivity (Wildman–Crippen MR) is 108 cm³/mol. The fourth-order valence-corrected chi connectivity index (χ4v) is 3.45. The van der Waals surface area contributed by atoms with Gasteiger partial charge in [-0.05, 0) is 63.0 Å². The molecule has 1 heterocycles. The number of hydrogen-bond acceptors (Lipinski definition) is 3. The lowest BCUT2D eigenvalue weighted by Crippen LogP contribution is -2.42. The predicted octanol–water partition coefficient (Wildman–Crippen LogP) is 4.00. The van der Waals surface area contributed by atoms with Crippen molar-refractivity contribution in [3.8, 4) is 5.75 Å². The van der Waals surface area contributed by atoms with Crippen molar-refractivity contribution in [1.82, 2.24) is 10.2 Å². The molecule has 1 amide bonds. The lowest BCUT2D eigenvalue weighted by atomic mass is 9.95. The van der Waals surface area contributed by atoms with E-state index in [9.17, 15) is 4.79 Å². The molecule has 2 aromatic carbocycles. The third kappa shape index (κ3) is 6.10. The third-order valence-corrected chi connectivity index (χ3v) is 4.97. The fourth-order valence-electron chi connectivity index (χ4n) is 3.45. The molecule has 3 rings (SSSR count). The Kier molecular flexibility index (Phi) is 6.88. The number of carbonyl (C=O) groups is 1. The molecule has 144 valence electrons. The first-order valence-electron chi connectivity index (χ1n) is 9.88. The van der Waals surface area contributed by atoms with Crippen LogP contribution in [0, 0.1) is 5.92 Å². The van der Waals surface area contributed by atoms with Crippen molar-refractivity contribution in [2.75, 3.05) is 13.1 Å². The zero-order valence-corrected chi connectivity index (χ0v) is 16.4. The van der Waals surface area contributed by atoms with Crippen LogP contribution in [0.2, 0.25) is 0 Å². The molecule has 1 fully saturated rings. The summed E-state index contributed by atoms with van der Waals surface area (Å²) in [4.78, 5) is 14.6. The molecule has 0 spiro atoms. The number of nitrogens with one attached hydrogen (secondary N) is 1. The van der Waals surface area contributed by atoms with E-state index in [0.717, 1.165) is 38.2 Å². The summed E-state index contributed by atoms with van der Waals surface area (Å²) in [6.07, 6.45) is 1.88. The van der Waals surface area contributed by atoms with Gasteiger partial charge < -0.3 is 10.1 Å². The molecule has 0 unspecified atom stereocenters. The number of hydrogen-bond donors (Lipinski definition) is 1. The van der Waals surface area contributed by atoms with Crippen molar-refractivity contribution in [2.45, 2.75) is 45.9 Å². The van der Waals surface area contributed by atoms with Gasteiger partial charge in [-0.25, -0.2) is 0 Å². The zero-order chi connectivity index (χ0) is 19.1. The van der Waals surface area contributed by atoms with E-state index in [1.807, 2.05) is 44.2 Å². The van der Waals surface area contributed by atoms with Crippen molar-refractivity contribution >= 4 is 5.91 Å². The number of carbonyl (C=O) groups excluding carboxylic acids is 1. The van der Waals surface area contributed by atoms with Crippen LogP contribution >= 0.6 is 0 Å². The number of nitrogens with zero attached hydrogens (tertiary/aromatic N) is 1. The molecule has 0 saturated carbocycles. The standard InChI is InChI=1S/C23H30N2O2/c1-18(2)24-23(26)21-12-14-25(15-13-21)16-19-8-10-22(11-9-19)27-17-20-6-4-3-5-7-20/h3-11,18,21H,12-17H2,1-2H3,(H,24,26). The van der Waals surface area contributed by atoms with Crippen LogP contribution in [0.25, 0.3) is 0 Å². The molecule has 0 aromatic heterocycles. The van der Waals surface area contributed by atoms with Gasteiger partial charge in [0.1, 0.15) is 12.4 Å². The maximum Gasteiger partial charge on any atom is 0.223 e. The molecule has 4 heteroatoms. The number of likely N-dealkylation sites (tertiary alicyclic amines) is 1. The Morgan fingerprint density at radius 1 is 1.04 bits per heavy atom. The van der Waals surface area contributed by atoms with Crippen LogP contribution in [-0.4, -0.2) is 29.9 Å². The Hall–Kier alpha value is -2.33. The SMILES string of the molecule is CC(C)NC(=O)C1CCN(Cc2ccc(OCc3ccccc3)cc2)CC1. The van der Waals surface area contributed by atoms with E-state index >= 15 is 0 Å². The van der Waals surface area contributed by atoms with Crippen molar-refractivity contribution in [2.24, 2.45) is 5.92 Å². The van der Waals surface area contributed by atoms with Crippen molar-refractivity contribution in [3.63, 3.8) is 0 Å². The molecule has 0 aliphatic carbocycles. The van der Waals surface area contributed by atoms with Crippen molar-refractivity contribution in [3.05, 3.63) is 65.7 Å². The Bertz CT molecular complexity index is 705. The van der Waals surface area contributed by atoms with Crippen LogP contribution in [0.1, 0.15) is 37.8 Å². The monoisotopic (exact) mass is 366 g/mol. The fraction of sp³-hybridized carbons (Fsp3) is 0.435. The molecule has 1 N–H and O–H groups in total. The molecule has 0 atom stereocenters. The minimum absolute atomic E-state index is 0.164. The van der Waals surface area contributed by atoms with E-state index in [0.29, 0.717) is 6.61 Å². The van der Waals surface area contributed by atoms with E-state index in [2.05, 4.69) is 34.5 Å². The van der Waals surface area contributed by atoms with Gasteiger partial charge in [0.05, 0.1) is 0 Å². The number of ether oxygens (including phenoxy) is 1. The highest BCUT2D eigenvalue weighted by molar-refractivity contribution is 5.78. The zero-order valence-electron chi connectivity index (χ0n) is 16.4. The Morgan fingerprint density at radius 2 is 1.70 bits per heavy atom. The Balaban J connectivity index is 1.43. The lowest BCUT2D eigenvalue weighted by Gasteiger charge is -2.31. The summed E-state index contributed by atoms with van der Waals surface area (Å²) in [6, 6.07) is 18.8. The number of amides is 1. The average Bonchev–Trinajstić information content (AvgIpc) is 2.68. The van der Waals surface area contributed by atoms with Gasteiger partial charge in [-0.2, -0.15) is 0 Å². The quantitative estimate of drug-likeness (QED) is 0.805. The number of piperidine rings is 1. The topological polar surface area (TPSA) is 41.6 Å². The van der Waals surface area contributed by atoms with Gasteiger partial charge in [0.25, 0.3) is 0 Å². The number of rotatable bonds is 7. The number of benzene rings is 2. The highest BCUT2D eigenvalue weighted by atomic mass is 16.5. The second-order valence-corrected chi connectivity index (χ2v) is 7.63. The summed E-state index contributed by atoms with van der Waals surface area (Å²) >= 11 is 0. The van der Waals surface area contributed by atoms with Gasteiger partial charge in [0.15, 0.2) is 0 Å². The molecule has 2 aromatic rings. The minimum Gasteiger partial charge on any atom is -0.489 e. The second-order valence-electron chi connectivity index (χ2n) is 7.63. The first-order chi connectivity index (χ1) is 13.1. The molecule has 1 aliphatic rings. The van der Waals surface area contributed by atoms with E-state index in [1.54, 1.807) is 0 Å². The largest absolute Gasteiger partial charge is 0.489 e. The summed E-state index contributed by atoms with van der Waals surface area (Å²) in [6.45, 7) is 7.50. The van der Waals surface area contributed by atoms with E-state index in [4.69, 9.17) is 4.74 Å². The first-order valence-corrected chi connectivity index (χ1v) is 9.88. The van der Waals surface area contributed by atoms with Gasteiger partial charge >= 0.3 is 0 Å². The highest BCUT2D eigenvalue weighted by Crippen LogP contribution is 2.21. The Morgan fingerprint density at radius 3 is 2.33 bits per heavy atom. The van der Waals surface area contributed by atoms with Gasteiger partial charge in [-0.3, -0.25) is 9.69 Å². The third-order valence-electron chi connectivity index (χ3n) is 4.97. The molecular formula is C23H30N2O2. The molecule has 4 nitrogen and oxygen atoms in total. The van der Waals surface area contributed by atoms with E-state index in [1.165, 1.54) is 11.1 Å². The molecule has 0 bridgehead atoms. The summed E-state index contributed by atoms with van der Waals surface area (Å²) in [5, 5.41) is 3.04. The average molecular weight is 367 g/mol. The lowest BCUT2D eigenvalue weighted by molar-refractivity contribution is -0.127. The molecular weight excluding hydrogens is 336 g/mol. The second kappa shape index (κ2) is 9.56. The molecule has 1 saturated heterocycles.